The van der Waals surface area contributed by atoms with E-state index in [1.165, 1.54) is 18.9 Å². The zero-order chi connectivity index (χ0) is 30.0. The van der Waals surface area contributed by atoms with Gasteiger partial charge in [0.25, 0.3) is 0 Å². The molecule has 6 fully saturated rings. The van der Waals surface area contributed by atoms with Crippen molar-refractivity contribution in [1.82, 2.24) is 0 Å². The summed E-state index contributed by atoms with van der Waals surface area (Å²) in [5.41, 5.74) is -4.67. The molecule has 0 radical (unpaired) electrons. The molecule has 13 atom stereocenters. The molecule has 1 heterocycles. The van der Waals surface area contributed by atoms with Crippen LogP contribution in [0.25, 0.3) is 0 Å². The monoisotopic (exact) mass is 664 g/mol. The number of rotatable bonds is 7. The van der Waals surface area contributed by atoms with Crippen molar-refractivity contribution in [3.05, 3.63) is 29.8 Å². The highest BCUT2D eigenvalue weighted by Gasteiger charge is 2.92. The van der Waals surface area contributed by atoms with Crippen LogP contribution in [0.1, 0.15) is 55.8 Å². The maximum absolute atomic E-state index is 14.2. The Morgan fingerprint density at radius 3 is 2.37 bits per heavy atom. The Bertz CT molecular complexity index is 1330. The number of aliphatic hydroxyl groups is 3. The number of methoxy groups -OCH3 is 3. The molecule has 1 aromatic rings. The second-order valence-corrected chi connectivity index (χ2v) is 14.4. The molecule has 238 valence electrons. The molecule has 43 heavy (non-hydrogen) atoms. The van der Waals surface area contributed by atoms with Gasteiger partial charge in [-0.3, -0.25) is 9.59 Å². The van der Waals surface area contributed by atoms with Gasteiger partial charge in [0.05, 0.1) is 36.9 Å². The van der Waals surface area contributed by atoms with Crippen molar-refractivity contribution in [2.24, 2.45) is 28.6 Å². The number of para-hydroxylation sites is 1. The van der Waals surface area contributed by atoms with E-state index < -0.39 is 45.8 Å². The van der Waals surface area contributed by atoms with Gasteiger partial charge in [-0.2, -0.15) is 0 Å². The topological polar surface area (TPSA) is 139 Å². The second-order valence-electron chi connectivity index (χ2n) is 14.4. The SMILES string of the molecule is COC1CCC2(CC(=O)c3ccccc3NC(C)=O)C[NH+](C)[C@@H]3C4C[C@H]2C13[C@@H]1C[C@]2(O)C(OC)C[C@@]4(O)[C@@]1(O)C2OC.[Br-]. The summed E-state index contributed by atoms with van der Waals surface area (Å²) in [4.78, 5) is 27.3. The molecular formula is C32H45BrN2O8. The number of amides is 1. The van der Waals surface area contributed by atoms with Crippen LogP contribution in [0.15, 0.2) is 24.3 Å². The Labute approximate surface area is 263 Å². The van der Waals surface area contributed by atoms with Crippen molar-refractivity contribution in [2.45, 2.75) is 86.6 Å². The summed E-state index contributed by atoms with van der Waals surface area (Å²) in [5, 5.41) is 40.6. The van der Waals surface area contributed by atoms with E-state index in [-0.39, 0.29) is 65.5 Å². The molecular weight excluding hydrogens is 620 g/mol. The van der Waals surface area contributed by atoms with Crippen molar-refractivity contribution in [2.75, 3.05) is 40.2 Å². The van der Waals surface area contributed by atoms with E-state index >= 15 is 0 Å². The molecule has 11 heteroatoms. The number of quaternary nitrogens is 1. The smallest absolute Gasteiger partial charge is 0.221 e. The Morgan fingerprint density at radius 2 is 1.72 bits per heavy atom. The van der Waals surface area contributed by atoms with Crippen molar-refractivity contribution >= 4 is 17.4 Å². The highest BCUT2D eigenvalue weighted by Crippen LogP contribution is 2.79. The van der Waals surface area contributed by atoms with E-state index in [4.69, 9.17) is 14.2 Å². The van der Waals surface area contributed by atoms with Gasteiger partial charge in [-0.25, -0.2) is 0 Å². The number of hydrogen-bond acceptors (Lipinski definition) is 8. The third kappa shape index (κ3) is 3.54. The Balaban J connectivity index is 0.00000329. The lowest BCUT2D eigenvalue weighted by atomic mass is 9.41. The molecule has 1 saturated heterocycles. The van der Waals surface area contributed by atoms with Gasteiger partial charge in [0.15, 0.2) is 5.78 Å². The molecule has 1 aliphatic heterocycles. The quantitative estimate of drug-likeness (QED) is 0.197. The number of ketones is 1. The highest BCUT2D eigenvalue weighted by molar-refractivity contribution is 6.04. The van der Waals surface area contributed by atoms with Gasteiger partial charge < -0.3 is 56.7 Å². The molecule has 5 aliphatic carbocycles. The van der Waals surface area contributed by atoms with Gasteiger partial charge >= 0.3 is 0 Å². The number of halogens is 1. The molecule has 1 amide bonds. The van der Waals surface area contributed by atoms with Crippen molar-refractivity contribution in [3.8, 4) is 0 Å². The minimum absolute atomic E-state index is 0. The lowest BCUT2D eigenvalue weighted by Gasteiger charge is -2.69. The number of benzene rings is 1. The molecule has 0 aromatic heterocycles. The van der Waals surface area contributed by atoms with E-state index in [0.29, 0.717) is 24.1 Å². The molecule has 7 unspecified atom stereocenters. The van der Waals surface area contributed by atoms with Gasteiger partial charge in [0, 0.05) is 63.9 Å². The van der Waals surface area contributed by atoms with Crippen LogP contribution in [-0.4, -0.2) is 103 Å². The summed E-state index contributed by atoms with van der Waals surface area (Å²) < 4.78 is 18.1. The summed E-state index contributed by atoms with van der Waals surface area (Å²) in [5.74, 6) is -1.07. The number of ether oxygens (including phenoxy) is 3. The fraction of sp³-hybridized carbons (Fsp3) is 0.750. The van der Waals surface area contributed by atoms with Gasteiger partial charge in [0.2, 0.25) is 5.91 Å². The zero-order valence-corrected chi connectivity index (χ0v) is 27.1. The van der Waals surface area contributed by atoms with E-state index in [1.807, 2.05) is 12.1 Å². The summed E-state index contributed by atoms with van der Waals surface area (Å²) >= 11 is 0. The molecule has 7 rings (SSSR count). The highest BCUT2D eigenvalue weighted by atomic mass is 79.9. The van der Waals surface area contributed by atoms with Crippen LogP contribution >= 0.6 is 0 Å². The molecule has 5 saturated carbocycles. The summed E-state index contributed by atoms with van der Waals surface area (Å²) in [6, 6.07) is 7.14. The molecule has 5 N–H and O–H groups in total. The number of piperidine rings is 1. The fourth-order valence-electron chi connectivity index (χ4n) is 12.3. The number of fused-ring (bicyclic) bond motifs is 2. The third-order valence-electron chi connectivity index (χ3n) is 13.1. The largest absolute Gasteiger partial charge is 1.00 e. The first-order valence-electron chi connectivity index (χ1n) is 15.4. The number of hydrogen-bond donors (Lipinski definition) is 5. The van der Waals surface area contributed by atoms with Crippen LogP contribution in [0.2, 0.25) is 0 Å². The summed E-state index contributed by atoms with van der Waals surface area (Å²) in [7, 11) is 6.92. The Hall–Kier alpha value is -1.44. The van der Waals surface area contributed by atoms with Crippen LogP contribution in [0.4, 0.5) is 5.69 Å². The van der Waals surface area contributed by atoms with Gasteiger partial charge in [-0.05, 0) is 43.7 Å². The lowest BCUT2D eigenvalue weighted by molar-refractivity contribution is -0.937. The van der Waals surface area contributed by atoms with Crippen LogP contribution in [0, 0.1) is 28.6 Å². The molecule has 10 nitrogen and oxygen atoms in total. The minimum Gasteiger partial charge on any atom is -1.00 e. The molecule has 1 spiro atoms. The van der Waals surface area contributed by atoms with Gasteiger partial charge in [0.1, 0.15) is 28.9 Å². The number of carbonyl (C=O) groups excluding carboxylic acids is 2. The number of anilines is 1. The molecule has 7 bridgehead atoms. The molecule has 6 aliphatic rings. The summed E-state index contributed by atoms with van der Waals surface area (Å²) in [6.07, 6.45) is 0.899. The predicted molar refractivity (Wildman–Crippen MR) is 151 cm³/mol. The van der Waals surface area contributed by atoms with Crippen LogP contribution in [0.5, 0.6) is 0 Å². The Kier molecular flexibility index (Phi) is 7.36. The second kappa shape index (κ2) is 10.0. The number of carbonyl (C=O) groups is 2. The first-order valence-corrected chi connectivity index (χ1v) is 15.4. The first-order chi connectivity index (χ1) is 19.9. The van der Waals surface area contributed by atoms with E-state index in [0.717, 1.165) is 19.4 Å². The lowest BCUT2D eigenvalue weighted by Crippen LogP contribution is -3.20. The Morgan fingerprint density at radius 1 is 1.02 bits per heavy atom. The predicted octanol–water partition coefficient (Wildman–Crippen LogP) is -2.80. The first kappa shape index (κ1) is 31.5. The van der Waals surface area contributed by atoms with Gasteiger partial charge in [-0.1, -0.05) is 12.1 Å². The van der Waals surface area contributed by atoms with Crippen molar-refractivity contribution in [1.29, 1.82) is 0 Å². The van der Waals surface area contributed by atoms with Crippen LogP contribution in [-0.2, 0) is 19.0 Å². The van der Waals surface area contributed by atoms with E-state index in [9.17, 15) is 24.9 Å². The maximum Gasteiger partial charge on any atom is 0.221 e. The fourth-order valence-corrected chi connectivity index (χ4v) is 12.3. The summed E-state index contributed by atoms with van der Waals surface area (Å²) in [6.45, 7) is 2.20. The van der Waals surface area contributed by atoms with Gasteiger partial charge in [-0.15, -0.1) is 0 Å². The van der Waals surface area contributed by atoms with Crippen LogP contribution in [0.3, 0.4) is 0 Å². The average Bonchev–Trinajstić information content (AvgIpc) is 3.35. The van der Waals surface area contributed by atoms with Crippen LogP contribution < -0.4 is 27.2 Å². The number of nitrogens with one attached hydrogen (secondary N) is 2. The van der Waals surface area contributed by atoms with E-state index in [2.05, 4.69) is 12.4 Å². The average molecular weight is 666 g/mol. The number of Topliss-reactive ketones (excluding diaryl/α,β-unsaturated/α-hetero) is 1. The third-order valence-corrected chi connectivity index (χ3v) is 13.1. The minimum atomic E-state index is -1.69. The van der Waals surface area contributed by atoms with E-state index in [1.54, 1.807) is 26.4 Å². The molecule has 1 aromatic carbocycles. The number of likely N-dealkylation sites (tertiary alicyclic amines) is 1. The van der Waals surface area contributed by atoms with Crippen molar-refractivity contribution in [3.63, 3.8) is 0 Å². The van der Waals surface area contributed by atoms with Crippen molar-refractivity contribution < 1.29 is 61.0 Å². The normalized spacial score (nSPS) is 50.1. The maximum atomic E-state index is 14.2. The zero-order valence-electron chi connectivity index (χ0n) is 25.6. The standard InChI is InChI=1S/C32H44N2O8.BrH/c1-17(35)33-20-9-7-6-8-18(20)21(36)13-28-11-10-24(40-3)31-22(28)12-19(26(31)34(2)16-28)30(38)15-25(41-4)29(37)14-23(31)32(30,39)27(29)42-5;/h6-9,19,22-27,37-39H,10-16H2,1-5H3,(H,33,35);1H/t19?,22-,23+,24?,25?,26-,27?,28?,29+,30+,31?,32+;/m1./s1.